The number of ether oxygens (including phenoxy) is 1. The van der Waals surface area contributed by atoms with Gasteiger partial charge in [0.05, 0.1) is 16.8 Å². The van der Waals surface area contributed by atoms with Gasteiger partial charge in [0.1, 0.15) is 5.75 Å². The Morgan fingerprint density at radius 3 is 2.89 bits per heavy atom. The topological polar surface area (TPSA) is 34.1 Å². The van der Waals surface area contributed by atoms with Crippen LogP contribution in [0.25, 0.3) is 10.9 Å². The Morgan fingerprint density at radius 2 is 2.21 bits per heavy atom. The first kappa shape index (κ1) is 22.0. The minimum absolute atomic E-state index is 0.259. The fraction of sp³-hybridized carbons (Fsp3) is 0.348. The summed E-state index contributed by atoms with van der Waals surface area (Å²) in [6.07, 6.45) is 10.8. The van der Waals surface area contributed by atoms with Gasteiger partial charge in [-0.1, -0.05) is 18.4 Å². The summed E-state index contributed by atoms with van der Waals surface area (Å²) in [5.41, 5.74) is 1.71. The Morgan fingerprint density at radius 1 is 1.43 bits per heavy atom. The number of terminal acetylenes is 1. The largest absolute Gasteiger partial charge is 0.473 e. The number of hydrogen-bond donors (Lipinski definition) is 1. The minimum atomic E-state index is -0.407. The van der Waals surface area contributed by atoms with E-state index in [1.54, 1.807) is 18.0 Å². The smallest absolute Gasteiger partial charge is 0.183 e. The maximum absolute atomic E-state index is 6.15. The number of fused-ring (bicyclic) bond motifs is 1. The van der Waals surface area contributed by atoms with Crippen LogP contribution in [0.4, 0.5) is 0 Å². The van der Waals surface area contributed by atoms with E-state index < -0.39 is 5.54 Å². The summed E-state index contributed by atoms with van der Waals surface area (Å²) >= 11 is 7.26. The summed E-state index contributed by atoms with van der Waals surface area (Å²) in [5, 5.41) is 4.32. The fourth-order valence-corrected chi connectivity index (χ4v) is 3.26. The average Bonchev–Trinajstić information content (AvgIpc) is 2.68. The zero-order chi connectivity index (χ0) is 20.6. The molecule has 1 atom stereocenters. The first-order valence-corrected chi connectivity index (χ1v) is 10.8. The van der Waals surface area contributed by atoms with Crippen LogP contribution >= 0.6 is 23.4 Å². The van der Waals surface area contributed by atoms with Crippen LogP contribution < -0.4 is 10.1 Å². The van der Waals surface area contributed by atoms with Gasteiger partial charge in [0.25, 0.3) is 0 Å². The molecule has 0 amide bonds. The first-order valence-electron chi connectivity index (χ1n) is 8.97. The van der Waals surface area contributed by atoms with Gasteiger partial charge in [0.15, 0.2) is 5.44 Å². The average molecular weight is 413 g/mol. The van der Waals surface area contributed by atoms with Crippen LogP contribution in [0.5, 0.6) is 5.75 Å². The van der Waals surface area contributed by atoms with Crippen molar-refractivity contribution >= 4 is 34.3 Å². The minimum Gasteiger partial charge on any atom is -0.473 e. The van der Waals surface area contributed by atoms with E-state index in [0.29, 0.717) is 5.88 Å². The van der Waals surface area contributed by atoms with E-state index in [1.165, 1.54) is 0 Å². The summed E-state index contributed by atoms with van der Waals surface area (Å²) in [5.74, 6) is 10.4. The van der Waals surface area contributed by atoms with Gasteiger partial charge in [-0.15, -0.1) is 35.7 Å². The molecule has 0 bridgehead atoms. The van der Waals surface area contributed by atoms with E-state index in [1.807, 2.05) is 44.4 Å². The molecule has 0 radical (unpaired) electrons. The highest BCUT2D eigenvalue weighted by molar-refractivity contribution is 7.99. The molecule has 0 aliphatic rings. The van der Waals surface area contributed by atoms with Gasteiger partial charge in [-0.25, -0.2) is 0 Å². The van der Waals surface area contributed by atoms with Crippen LogP contribution in [-0.4, -0.2) is 28.1 Å². The molecular formula is C23H25ClN2OS. The molecular weight excluding hydrogens is 388 g/mol. The molecule has 0 aliphatic heterocycles. The van der Waals surface area contributed by atoms with Gasteiger partial charge in [-0.05, 0) is 50.8 Å². The molecule has 2 rings (SSSR count). The lowest BCUT2D eigenvalue weighted by Crippen LogP contribution is -2.40. The molecule has 0 spiro atoms. The zero-order valence-electron chi connectivity index (χ0n) is 16.5. The van der Waals surface area contributed by atoms with Crippen molar-refractivity contribution in [2.24, 2.45) is 0 Å². The molecule has 0 saturated carbocycles. The summed E-state index contributed by atoms with van der Waals surface area (Å²) in [4.78, 5) is 4.36. The monoisotopic (exact) mass is 412 g/mol. The maximum atomic E-state index is 6.15. The number of benzene rings is 1. The lowest BCUT2D eigenvalue weighted by Gasteiger charge is -2.27. The quantitative estimate of drug-likeness (QED) is 0.280. The number of halogens is 1. The van der Waals surface area contributed by atoms with Crippen LogP contribution in [0.3, 0.4) is 0 Å². The number of alkyl halides is 1. The third kappa shape index (κ3) is 6.41. The van der Waals surface area contributed by atoms with Crippen molar-refractivity contribution in [3.8, 4) is 29.9 Å². The van der Waals surface area contributed by atoms with Crippen LogP contribution in [0, 0.1) is 24.2 Å². The van der Waals surface area contributed by atoms with E-state index in [0.717, 1.165) is 40.8 Å². The van der Waals surface area contributed by atoms with E-state index >= 15 is 0 Å². The van der Waals surface area contributed by atoms with E-state index in [9.17, 15) is 0 Å². The molecule has 2 aromatic rings. The Kier molecular flexibility index (Phi) is 8.12. The van der Waals surface area contributed by atoms with Crippen LogP contribution in [0.1, 0.15) is 32.3 Å². The highest BCUT2D eigenvalue weighted by Crippen LogP contribution is 2.25. The second-order valence-electron chi connectivity index (χ2n) is 6.78. The molecule has 1 heterocycles. The number of thioether (sulfide) groups is 1. The molecule has 5 heteroatoms. The van der Waals surface area contributed by atoms with Crippen molar-refractivity contribution in [1.82, 2.24) is 10.3 Å². The fourth-order valence-electron chi connectivity index (χ4n) is 2.58. The van der Waals surface area contributed by atoms with E-state index in [2.05, 4.69) is 34.6 Å². The van der Waals surface area contributed by atoms with Gasteiger partial charge >= 0.3 is 0 Å². The molecule has 0 aliphatic carbocycles. The van der Waals surface area contributed by atoms with Crippen LogP contribution in [-0.2, 0) is 0 Å². The molecule has 0 fully saturated rings. The number of aromatic nitrogens is 1. The van der Waals surface area contributed by atoms with Gasteiger partial charge in [-0.3, -0.25) is 4.98 Å². The number of unbranched alkanes of at least 4 members (excludes halogenated alkanes) is 1. The Balaban J connectivity index is 2.10. The van der Waals surface area contributed by atoms with Crippen LogP contribution in [0.15, 0.2) is 42.7 Å². The van der Waals surface area contributed by atoms with Crippen molar-refractivity contribution in [3.63, 3.8) is 0 Å². The number of hydrogen-bond acceptors (Lipinski definition) is 4. The molecule has 28 heavy (non-hydrogen) atoms. The van der Waals surface area contributed by atoms with Gasteiger partial charge in [-0.2, -0.15) is 0 Å². The summed E-state index contributed by atoms with van der Waals surface area (Å²) in [7, 11) is 0. The van der Waals surface area contributed by atoms with Crippen molar-refractivity contribution in [2.45, 2.75) is 37.7 Å². The van der Waals surface area contributed by atoms with E-state index in [4.69, 9.17) is 22.8 Å². The maximum Gasteiger partial charge on any atom is 0.183 e. The highest BCUT2D eigenvalue weighted by atomic mass is 35.5. The molecule has 1 N–H and O–H groups in total. The van der Waals surface area contributed by atoms with Crippen LogP contribution in [0.2, 0.25) is 0 Å². The SMILES string of the molecule is C#Cc1cnc2ccc(OC(SC)C(=C)NC(C)(C)C#CCCCCl)cc2c1. The Bertz CT molecular complexity index is 937. The van der Waals surface area contributed by atoms with Gasteiger partial charge in [0, 0.05) is 29.4 Å². The molecule has 1 aromatic carbocycles. The lowest BCUT2D eigenvalue weighted by atomic mass is 10.1. The summed E-state index contributed by atoms with van der Waals surface area (Å²) in [6, 6.07) is 7.69. The highest BCUT2D eigenvalue weighted by Gasteiger charge is 2.21. The zero-order valence-corrected chi connectivity index (χ0v) is 18.1. The van der Waals surface area contributed by atoms with Gasteiger partial charge in [0.2, 0.25) is 0 Å². The summed E-state index contributed by atoms with van der Waals surface area (Å²) in [6.45, 7) is 8.20. The molecule has 1 unspecified atom stereocenters. The van der Waals surface area contributed by atoms with Crippen molar-refractivity contribution in [1.29, 1.82) is 0 Å². The third-order valence-electron chi connectivity index (χ3n) is 3.87. The molecule has 3 nitrogen and oxygen atoms in total. The van der Waals surface area contributed by atoms with Crippen molar-refractivity contribution < 1.29 is 4.74 Å². The van der Waals surface area contributed by atoms with Crippen molar-refractivity contribution in [3.05, 3.63) is 48.3 Å². The van der Waals surface area contributed by atoms with E-state index in [-0.39, 0.29) is 5.44 Å². The number of nitrogens with zero attached hydrogens (tertiary/aromatic N) is 1. The second kappa shape index (κ2) is 10.3. The predicted octanol–water partition coefficient (Wildman–Crippen LogP) is 5.19. The van der Waals surface area contributed by atoms with Gasteiger partial charge < -0.3 is 10.1 Å². The standard InChI is InChI=1S/C23H25ClN2OS/c1-6-18-14-19-15-20(10-11-21(19)25-16-18)27-22(28-5)17(2)26-23(3,4)12-8-7-9-13-24/h1,10-11,14-16,22,26H,2,7,9,13H2,3-5H3. The number of rotatable bonds is 8. The molecule has 1 aromatic heterocycles. The number of nitrogens with one attached hydrogen (secondary N) is 1. The first-order chi connectivity index (χ1) is 13.4. The molecule has 0 saturated heterocycles. The normalized spacial score (nSPS) is 11.8. The summed E-state index contributed by atoms with van der Waals surface area (Å²) < 4.78 is 6.15. The number of pyridine rings is 1. The second-order valence-corrected chi connectivity index (χ2v) is 8.06. The Labute approximate surface area is 177 Å². The van der Waals surface area contributed by atoms with Crippen molar-refractivity contribution in [2.75, 3.05) is 12.1 Å². The molecule has 146 valence electrons. The third-order valence-corrected chi connectivity index (χ3v) is 4.95. The predicted molar refractivity (Wildman–Crippen MR) is 122 cm³/mol. The Hall–Kier alpha value is -2.27. The lowest BCUT2D eigenvalue weighted by molar-refractivity contribution is 0.304.